The average molecular weight is 306 g/mol. The van der Waals surface area contributed by atoms with E-state index in [4.69, 9.17) is 0 Å². The van der Waals surface area contributed by atoms with Crippen molar-refractivity contribution in [2.45, 2.75) is 39.7 Å². The van der Waals surface area contributed by atoms with Crippen LogP contribution >= 0.6 is 0 Å². The van der Waals surface area contributed by atoms with Gasteiger partial charge in [0, 0.05) is 24.7 Å². The van der Waals surface area contributed by atoms with Crippen molar-refractivity contribution in [3.05, 3.63) is 39.4 Å². The van der Waals surface area contributed by atoms with Gasteiger partial charge >= 0.3 is 5.97 Å². The van der Waals surface area contributed by atoms with Crippen LogP contribution < -0.4 is 0 Å². The van der Waals surface area contributed by atoms with Gasteiger partial charge in [0.25, 0.3) is 5.69 Å². The van der Waals surface area contributed by atoms with E-state index < -0.39 is 11.4 Å². The van der Waals surface area contributed by atoms with E-state index in [0.29, 0.717) is 26.1 Å². The largest absolute Gasteiger partial charge is 0.481 e. The minimum Gasteiger partial charge on any atom is -0.481 e. The molecule has 22 heavy (non-hydrogen) atoms. The van der Waals surface area contributed by atoms with E-state index in [1.165, 1.54) is 0 Å². The molecule has 1 unspecified atom stereocenters. The molecule has 0 aliphatic carbocycles. The second-order valence-corrected chi connectivity index (χ2v) is 6.63. The summed E-state index contributed by atoms with van der Waals surface area (Å²) in [6.45, 7) is 7.33. The van der Waals surface area contributed by atoms with Gasteiger partial charge in [0.2, 0.25) is 0 Å². The Bertz CT molecular complexity index is 600. The van der Waals surface area contributed by atoms with Crippen molar-refractivity contribution in [1.82, 2.24) is 4.90 Å². The molecule has 6 nitrogen and oxygen atoms in total. The summed E-state index contributed by atoms with van der Waals surface area (Å²) >= 11 is 0. The summed E-state index contributed by atoms with van der Waals surface area (Å²) in [5.41, 5.74) is 1.01. The zero-order chi connectivity index (χ0) is 16.5. The molecular weight excluding hydrogens is 284 g/mol. The number of carboxylic acid groups (broad SMARTS) is 1. The van der Waals surface area contributed by atoms with Gasteiger partial charge in [0.1, 0.15) is 0 Å². The zero-order valence-corrected chi connectivity index (χ0v) is 13.2. The SMILES string of the molecule is CC(C)c1ccc(CN2CCC(C)(C(=O)O)C2)cc1[N+](=O)[O-]. The third kappa shape index (κ3) is 3.27. The maximum atomic E-state index is 11.3. The van der Waals surface area contributed by atoms with Crippen LogP contribution in [0.2, 0.25) is 0 Å². The van der Waals surface area contributed by atoms with E-state index >= 15 is 0 Å². The monoisotopic (exact) mass is 306 g/mol. The molecule has 1 fully saturated rings. The van der Waals surface area contributed by atoms with Crippen LogP contribution in [0.5, 0.6) is 0 Å². The van der Waals surface area contributed by atoms with E-state index in [-0.39, 0.29) is 16.5 Å². The normalized spacial score (nSPS) is 22.2. The quantitative estimate of drug-likeness (QED) is 0.667. The Kier molecular flexibility index (Phi) is 4.51. The van der Waals surface area contributed by atoms with E-state index in [1.54, 1.807) is 13.0 Å². The van der Waals surface area contributed by atoms with Gasteiger partial charge in [-0.25, -0.2) is 0 Å². The van der Waals surface area contributed by atoms with Crippen molar-refractivity contribution < 1.29 is 14.8 Å². The molecule has 1 aliphatic rings. The molecule has 6 heteroatoms. The second kappa shape index (κ2) is 6.04. The molecule has 1 aromatic carbocycles. The van der Waals surface area contributed by atoms with Crippen molar-refractivity contribution in [1.29, 1.82) is 0 Å². The summed E-state index contributed by atoms with van der Waals surface area (Å²) in [6, 6.07) is 5.33. The third-order valence-electron chi connectivity index (χ3n) is 4.39. The Labute approximate surface area is 129 Å². The Morgan fingerprint density at radius 2 is 2.18 bits per heavy atom. The third-order valence-corrected chi connectivity index (χ3v) is 4.39. The molecule has 120 valence electrons. The molecule has 0 aromatic heterocycles. The molecule has 1 aliphatic heterocycles. The van der Waals surface area contributed by atoms with Crippen LogP contribution in [-0.2, 0) is 11.3 Å². The first-order valence-corrected chi connectivity index (χ1v) is 7.46. The van der Waals surface area contributed by atoms with E-state index in [0.717, 1.165) is 11.1 Å². The number of nitro benzene ring substituents is 1. The van der Waals surface area contributed by atoms with Gasteiger partial charge < -0.3 is 5.11 Å². The summed E-state index contributed by atoms with van der Waals surface area (Å²) in [6.07, 6.45) is 0.606. The van der Waals surface area contributed by atoms with Gasteiger partial charge in [-0.3, -0.25) is 19.8 Å². The standard InChI is InChI=1S/C16H22N2O4/c1-11(2)13-5-4-12(8-14(13)18(21)22)9-17-7-6-16(3,10-17)15(19)20/h4-5,8,11H,6-7,9-10H2,1-3H3,(H,19,20). The summed E-state index contributed by atoms with van der Waals surface area (Å²) in [5, 5.41) is 20.5. The summed E-state index contributed by atoms with van der Waals surface area (Å²) in [7, 11) is 0. The lowest BCUT2D eigenvalue weighted by Gasteiger charge is -2.20. The van der Waals surface area contributed by atoms with Gasteiger partial charge in [-0.1, -0.05) is 26.0 Å². The number of carboxylic acids is 1. The van der Waals surface area contributed by atoms with Crippen LogP contribution in [0.1, 0.15) is 44.2 Å². The van der Waals surface area contributed by atoms with Crippen LogP contribution in [-0.4, -0.2) is 34.0 Å². The van der Waals surface area contributed by atoms with Crippen molar-refractivity contribution in [3.63, 3.8) is 0 Å². The Balaban J connectivity index is 2.16. The number of aliphatic carboxylic acids is 1. The fourth-order valence-electron chi connectivity index (χ4n) is 2.96. The highest BCUT2D eigenvalue weighted by molar-refractivity contribution is 5.74. The topological polar surface area (TPSA) is 83.7 Å². The predicted molar refractivity (Wildman–Crippen MR) is 82.8 cm³/mol. The van der Waals surface area contributed by atoms with Crippen molar-refractivity contribution in [2.75, 3.05) is 13.1 Å². The molecule has 1 saturated heterocycles. The van der Waals surface area contributed by atoms with Gasteiger partial charge in [-0.05, 0) is 31.4 Å². The van der Waals surface area contributed by atoms with Gasteiger partial charge in [0.15, 0.2) is 0 Å². The Morgan fingerprint density at radius 3 is 2.68 bits per heavy atom. The lowest BCUT2D eigenvalue weighted by molar-refractivity contribution is -0.385. The molecule has 0 amide bonds. The van der Waals surface area contributed by atoms with Crippen LogP contribution in [0, 0.1) is 15.5 Å². The smallest absolute Gasteiger partial charge is 0.310 e. The van der Waals surface area contributed by atoms with Crippen molar-refractivity contribution in [3.8, 4) is 0 Å². The minimum atomic E-state index is -0.781. The first-order chi connectivity index (χ1) is 10.2. The van der Waals surface area contributed by atoms with E-state index in [1.807, 2.05) is 30.9 Å². The number of benzene rings is 1. The number of hydrogen-bond acceptors (Lipinski definition) is 4. The van der Waals surface area contributed by atoms with Gasteiger partial charge in [-0.15, -0.1) is 0 Å². The van der Waals surface area contributed by atoms with Crippen LogP contribution in [0.4, 0.5) is 5.69 Å². The number of hydrogen-bond donors (Lipinski definition) is 1. The first-order valence-electron chi connectivity index (χ1n) is 7.46. The number of nitro groups is 1. The molecule has 1 heterocycles. The van der Waals surface area contributed by atoms with Crippen molar-refractivity contribution >= 4 is 11.7 Å². The number of carbonyl (C=O) groups is 1. The second-order valence-electron chi connectivity index (χ2n) is 6.63. The summed E-state index contributed by atoms with van der Waals surface area (Å²) < 4.78 is 0. The van der Waals surface area contributed by atoms with Crippen LogP contribution in [0.3, 0.4) is 0 Å². The molecule has 2 rings (SSSR count). The van der Waals surface area contributed by atoms with Crippen LogP contribution in [0.15, 0.2) is 18.2 Å². The van der Waals surface area contributed by atoms with E-state index in [2.05, 4.69) is 0 Å². The predicted octanol–water partition coefficient (Wildman–Crippen LogP) is 3.01. The fraction of sp³-hybridized carbons (Fsp3) is 0.562. The van der Waals surface area contributed by atoms with Gasteiger partial charge in [0.05, 0.1) is 10.3 Å². The lowest BCUT2D eigenvalue weighted by Crippen LogP contribution is -2.31. The average Bonchev–Trinajstić information content (AvgIpc) is 2.81. The van der Waals surface area contributed by atoms with Gasteiger partial charge in [-0.2, -0.15) is 0 Å². The molecule has 0 saturated carbocycles. The van der Waals surface area contributed by atoms with Crippen molar-refractivity contribution in [2.24, 2.45) is 5.41 Å². The Hall–Kier alpha value is -1.95. The summed E-state index contributed by atoms with van der Waals surface area (Å²) in [4.78, 5) is 24.2. The first kappa shape index (κ1) is 16.4. The highest BCUT2D eigenvalue weighted by atomic mass is 16.6. The number of likely N-dealkylation sites (tertiary alicyclic amines) is 1. The highest BCUT2D eigenvalue weighted by Gasteiger charge is 2.40. The molecule has 0 bridgehead atoms. The zero-order valence-electron chi connectivity index (χ0n) is 13.2. The van der Waals surface area contributed by atoms with E-state index in [9.17, 15) is 20.0 Å². The fourth-order valence-corrected chi connectivity index (χ4v) is 2.96. The maximum Gasteiger partial charge on any atom is 0.310 e. The molecule has 1 atom stereocenters. The molecular formula is C16H22N2O4. The van der Waals surface area contributed by atoms with Crippen LogP contribution in [0.25, 0.3) is 0 Å². The number of nitrogens with zero attached hydrogens (tertiary/aromatic N) is 2. The summed E-state index contributed by atoms with van der Waals surface area (Å²) in [5.74, 6) is -0.687. The Morgan fingerprint density at radius 1 is 1.50 bits per heavy atom. The molecule has 0 radical (unpaired) electrons. The molecule has 0 spiro atoms. The molecule has 1 aromatic rings. The number of rotatable bonds is 5. The lowest BCUT2D eigenvalue weighted by atomic mass is 9.90. The maximum absolute atomic E-state index is 11.3. The minimum absolute atomic E-state index is 0.0940. The molecule has 1 N–H and O–H groups in total. The highest BCUT2D eigenvalue weighted by Crippen LogP contribution is 2.32.